The minimum Gasteiger partial charge on any atom is -0.486 e. The van der Waals surface area contributed by atoms with Crippen LogP contribution < -0.4 is 9.47 Å². The first-order chi connectivity index (χ1) is 17.2. The lowest BCUT2D eigenvalue weighted by atomic mass is 10.1. The molecule has 0 radical (unpaired) electrons. The number of fused-ring (bicyclic) bond motifs is 1. The quantitative estimate of drug-likeness (QED) is 0.359. The van der Waals surface area contributed by atoms with Crippen molar-refractivity contribution in [2.75, 3.05) is 12.9 Å². The molecule has 0 amide bonds. The SMILES string of the molecule is CCOC(=O)[C@H]1C[C@@H]1c1ccc(O[C@@H]2CCc3c(Oc4ccc(S(C)(=O)=O)cc4)ccc(F)c32)cc1. The molecule has 0 saturated heterocycles. The van der Waals surface area contributed by atoms with Crippen LogP contribution in [0.4, 0.5) is 4.39 Å². The molecular weight excluding hydrogens is 483 g/mol. The maximum Gasteiger partial charge on any atom is 0.309 e. The molecule has 0 heterocycles. The lowest BCUT2D eigenvalue weighted by Crippen LogP contribution is -2.07. The molecule has 3 aromatic carbocycles. The summed E-state index contributed by atoms with van der Waals surface area (Å²) in [5.74, 6) is 1.23. The van der Waals surface area contributed by atoms with Gasteiger partial charge in [0.2, 0.25) is 0 Å². The largest absolute Gasteiger partial charge is 0.486 e. The van der Waals surface area contributed by atoms with Crippen molar-refractivity contribution in [2.24, 2.45) is 5.92 Å². The molecule has 0 unspecified atom stereocenters. The molecule has 0 N–H and O–H groups in total. The van der Waals surface area contributed by atoms with Crippen molar-refractivity contribution in [3.63, 3.8) is 0 Å². The zero-order valence-corrected chi connectivity index (χ0v) is 20.9. The zero-order chi connectivity index (χ0) is 25.4. The Morgan fingerprint density at radius 2 is 1.69 bits per heavy atom. The summed E-state index contributed by atoms with van der Waals surface area (Å²) in [5.41, 5.74) is 2.30. The molecule has 2 aliphatic rings. The van der Waals surface area contributed by atoms with Gasteiger partial charge in [-0.2, -0.15) is 0 Å². The molecule has 2 aliphatic carbocycles. The average Bonchev–Trinajstić information content (AvgIpc) is 3.54. The average molecular weight is 511 g/mol. The van der Waals surface area contributed by atoms with Gasteiger partial charge in [-0.25, -0.2) is 12.8 Å². The summed E-state index contributed by atoms with van der Waals surface area (Å²) >= 11 is 0. The van der Waals surface area contributed by atoms with Crippen LogP contribution in [0.15, 0.2) is 65.6 Å². The third kappa shape index (κ3) is 4.95. The summed E-state index contributed by atoms with van der Waals surface area (Å²) in [6.45, 7) is 2.19. The van der Waals surface area contributed by atoms with E-state index >= 15 is 0 Å². The fourth-order valence-corrected chi connectivity index (χ4v) is 5.40. The van der Waals surface area contributed by atoms with E-state index < -0.39 is 15.9 Å². The molecule has 1 saturated carbocycles. The fraction of sp³-hybridized carbons (Fsp3) is 0.321. The van der Waals surface area contributed by atoms with E-state index in [4.69, 9.17) is 14.2 Å². The van der Waals surface area contributed by atoms with Crippen LogP contribution >= 0.6 is 0 Å². The van der Waals surface area contributed by atoms with Crippen LogP contribution in [0.1, 0.15) is 48.5 Å². The maximum atomic E-state index is 14.9. The van der Waals surface area contributed by atoms with E-state index in [1.54, 1.807) is 25.1 Å². The normalized spacial score (nSPS) is 20.5. The molecule has 0 aromatic heterocycles. The van der Waals surface area contributed by atoms with E-state index in [1.165, 1.54) is 18.2 Å². The predicted molar refractivity (Wildman–Crippen MR) is 132 cm³/mol. The van der Waals surface area contributed by atoms with E-state index in [0.29, 0.717) is 42.3 Å². The van der Waals surface area contributed by atoms with Crippen LogP contribution in [-0.2, 0) is 25.8 Å². The van der Waals surface area contributed by atoms with Crippen LogP contribution in [0.2, 0.25) is 0 Å². The minimum atomic E-state index is -3.30. The molecule has 3 aromatic rings. The van der Waals surface area contributed by atoms with E-state index in [9.17, 15) is 17.6 Å². The van der Waals surface area contributed by atoms with Crippen LogP contribution in [0, 0.1) is 11.7 Å². The standard InChI is InChI=1S/C28H27FO6S/c1-3-33-28(30)23-16-22(23)17-4-6-18(7-5-17)35-26-14-12-21-25(15-13-24(29)27(21)26)34-19-8-10-20(11-9-19)36(2,31)32/h4-11,13,15,22-23,26H,3,12,14,16H2,1-2H3/t22-,23+,26-/m1/s1. The summed E-state index contributed by atoms with van der Waals surface area (Å²) in [5, 5.41) is 0. The van der Waals surface area contributed by atoms with Gasteiger partial charge >= 0.3 is 5.97 Å². The summed E-state index contributed by atoms with van der Waals surface area (Å²) < 4.78 is 55.5. The molecular formula is C28H27FO6S. The number of rotatable bonds is 8. The van der Waals surface area contributed by atoms with Crippen molar-refractivity contribution in [1.82, 2.24) is 0 Å². The van der Waals surface area contributed by atoms with Gasteiger partial charge in [-0.15, -0.1) is 0 Å². The summed E-state index contributed by atoms with van der Waals surface area (Å²) in [6.07, 6.45) is 2.69. The summed E-state index contributed by atoms with van der Waals surface area (Å²) in [7, 11) is -3.30. The smallest absolute Gasteiger partial charge is 0.309 e. The van der Waals surface area contributed by atoms with Crippen LogP contribution in [0.3, 0.4) is 0 Å². The predicted octanol–water partition coefficient (Wildman–Crippen LogP) is 5.75. The number of esters is 1. The first kappa shape index (κ1) is 24.3. The van der Waals surface area contributed by atoms with Crippen molar-refractivity contribution in [3.8, 4) is 17.2 Å². The van der Waals surface area contributed by atoms with Crippen LogP contribution in [-0.4, -0.2) is 27.2 Å². The number of carbonyl (C=O) groups is 1. The Morgan fingerprint density at radius 3 is 2.36 bits per heavy atom. The van der Waals surface area contributed by atoms with Gasteiger partial charge in [-0.1, -0.05) is 12.1 Å². The Kier molecular flexibility index (Phi) is 6.47. The van der Waals surface area contributed by atoms with Crippen molar-refractivity contribution in [2.45, 2.75) is 43.1 Å². The third-order valence-electron chi connectivity index (χ3n) is 6.69. The highest BCUT2D eigenvalue weighted by Gasteiger charge is 2.45. The highest BCUT2D eigenvalue weighted by atomic mass is 32.2. The van der Waals surface area contributed by atoms with E-state index in [0.717, 1.165) is 23.8 Å². The third-order valence-corrected chi connectivity index (χ3v) is 7.81. The summed E-state index contributed by atoms with van der Waals surface area (Å²) in [4.78, 5) is 12.1. The van der Waals surface area contributed by atoms with Crippen molar-refractivity contribution >= 4 is 15.8 Å². The van der Waals surface area contributed by atoms with Gasteiger partial charge < -0.3 is 14.2 Å². The maximum absolute atomic E-state index is 14.9. The van der Waals surface area contributed by atoms with Crippen molar-refractivity contribution in [1.29, 1.82) is 0 Å². The molecule has 0 spiro atoms. The van der Waals surface area contributed by atoms with Gasteiger partial charge in [0.05, 0.1) is 17.4 Å². The first-order valence-corrected chi connectivity index (χ1v) is 13.9. The van der Waals surface area contributed by atoms with Crippen molar-refractivity contribution in [3.05, 3.63) is 83.2 Å². The molecule has 36 heavy (non-hydrogen) atoms. The molecule has 1 fully saturated rings. The Balaban J connectivity index is 1.29. The first-order valence-electron chi connectivity index (χ1n) is 12.0. The molecule has 0 aliphatic heterocycles. The highest BCUT2D eigenvalue weighted by Crippen LogP contribution is 2.49. The summed E-state index contributed by atoms with van der Waals surface area (Å²) in [6, 6.07) is 16.7. The highest BCUT2D eigenvalue weighted by molar-refractivity contribution is 7.90. The second-order valence-electron chi connectivity index (χ2n) is 9.20. The van der Waals surface area contributed by atoms with Gasteiger partial charge in [0.25, 0.3) is 0 Å². The number of sulfone groups is 1. The molecule has 8 heteroatoms. The van der Waals surface area contributed by atoms with Gasteiger partial charge in [0, 0.05) is 17.4 Å². The van der Waals surface area contributed by atoms with Crippen LogP contribution in [0.5, 0.6) is 17.2 Å². The Hall–Kier alpha value is -3.39. The number of ether oxygens (including phenoxy) is 3. The van der Waals surface area contributed by atoms with Gasteiger partial charge in [-0.05, 0) is 86.2 Å². The lowest BCUT2D eigenvalue weighted by molar-refractivity contribution is -0.144. The molecule has 3 atom stereocenters. The van der Waals surface area contributed by atoms with E-state index in [-0.39, 0.29) is 28.5 Å². The molecule has 5 rings (SSSR count). The molecule has 188 valence electrons. The number of benzene rings is 3. The van der Waals surface area contributed by atoms with Gasteiger partial charge in [0.1, 0.15) is 29.2 Å². The Bertz CT molecular complexity index is 1380. The molecule has 0 bridgehead atoms. The monoisotopic (exact) mass is 510 g/mol. The number of carbonyl (C=O) groups excluding carboxylic acids is 1. The zero-order valence-electron chi connectivity index (χ0n) is 20.1. The van der Waals surface area contributed by atoms with E-state index in [1.807, 2.05) is 24.3 Å². The fourth-order valence-electron chi connectivity index (χ4n) is 4.77. The Morgan fingerprint density at radius 1 is 1.00 bits per heavy atom. The number of hydrogen-bond donors (Lipinski definition) is 0. The minimum absolute atomic E-state index is 0.0754. The number of hydrogen-bond acceptors (Lipinski definition) is 6. The van der Waals surface area contributed by atoms with E-state index in [2.05, 4.69) is 0 Å². The lowest BCUT2D eigenvalue weighted by Gasteiger charge is -2.17. The van der Waals surface area contributed by atoms with Crippen LogP contribution in [0.25, 0.3) is 0 Å². The second kappa shape index (κ2) is 9.58. The van der Waals surface area contributed by atoms with Gasteiger partial charge in [-0.3, -0.25) is 4.79 Å². The van der Waals surface area contributed by atoms with Gasteiger partial charge in [0.15, 0.2) is 9.84 Å². The number of halogens is 1. The topological polar surface area (TPSA) is 78.9 Å². The Labute approximate surface area is 209 Å². The van der Waals surface area contributed by atoms with Crippen molar-refractivity contribution < 1.29 is 31.8 Å². The molecule has 6 nitrogen and oxygen atoms in total. The second-order valence-corrected chi connectivity index (χ2v) is 11.2.